The van der Waals surface area contributed by atoms with Crippen molar-refractivity contribution in [2.75, 3.05) is 32.7 Å². The zero-order chi connectivity index (χ0) is 26.0. The highest BCUT2D eigenvalue weighted by molar-refractivity contribution is 5.96. The third-order valence-corrected chi connectivity index (χ3v) is 7.44. The fraction of sp³-hybridized carbons (Fsp3) is 0.500. The van der Waals surface area contributed by atoms with Crippen LogP contribution in [0.2, 0.25) is 0 Å². The maximum Gasteiger partial charge on any atom is 0.253 e. The van der Waals surface area contributed by atoms with Crippen molar-refractivity contribution < 1.29 is 4.79 Å². The smallest absolute Gasteiger partial charge is 0.253 e. The van der Waals surface area contributed by atoms with Gasteiger partial charge in [0.05, 0.1) is 5.52 Å². The number of amides is 1. The van der Waals surface area contributed by atoms with Crippen molar-refractivity contribution in [3.8, 4) is 11.3 Å². The Labute approximate surface area is 223 Å². The van der Waals surface area contributed by atoms with Gasteiger partial charge in [-0.1, -0.05) is 81.5 Å². The van der Waals surface area contributed by atoms with Crippen LogP contribution in [0, 0.1) is 6.92 Å². The van der Waals surface area contributed by atoms with Crippen LogP contribution in [0.4, 0.5) is 0 Å². The Kier molecular flexibility index (Phi) is 9.95. The molecule has 0 radical (unpaired) electrons. The largest absolute Gasteiger partial charge is 0.339 e. The van der Waals surface area contributed by atoms with Gasteiger partial charge in [-0.05, 0) is 57.8 Å². The van der Waals surface area contributed by atoms with Gasteiger partial charge in [-0.3, -0.25) is 9.69 Å². The minimum atomic E-state index is 0.133. The molecule has 0 atom stereocenters. The van der Waals surface area contributed by atoms with Gasteiger partial charge in [0.15, 0.2) is 0 Å². The fourth-order valence-electron chi connectivity index (χ4n) is 5.15. The van der Waals surface area contributed by atoms with Gasteiger partial charge in [0.2, 0.25) is 0 Å². The molecule has 5 nitrogen and oxygen atoms in total. The van der Waals surface area contributed by atoms with Crippen LogP contribution in [0.15, 0.2) is 48.7 Å². The minimum absolute atomic E-state index is 0.133. The number of hydrogen-bond donors (Lipinski definition) is 0. The zero-order valence-corrected chi connectivity index (χ0v) is 23.1. The number of carbonyl (C=O) groups is 1. The number of aryl methyl sites for hydroxylation is 1. The summed E-state index contributed by atoms with van der Waals surface area (Å²) >= 11 is 0. The average molecular weight is 501 g/mol. The second-order valence-corrected chi connectivity index (χ2v) is 10.5. The van der Waals surface area contributed by atoms with E-state index < -0.39 is 0 Å². The zero-order valence-electron chi connectivity index (χ0n) is 23.1. The van der Waals surface area contributed by atoms with Crippen LogP contribution in [0.3, 0.4) is 0 Å². The maximum absolute atomic E-state index is 13.6. The predicted octanol–water partition coefficient (Wildman–Crippen LogP) is 7.24. The molecule has 3 aromatic rings. The number of hydrogen-bond acceptors (Lipinski definition) is 3. The van der Waals surface area contributed by atoms with Crippen molar-refractivity contribution in [2.24, 2.45) is 0 Å². The molecule has 0 bridgehead atoms. The Morgan fingerprint density at radius 3 is 2.43 bits per heavy atom. The number of likely N-dealkylation sites (tertiary alicyclic amines) is 1. The van der Waals surface area contributed by atoms with Crippen LogP contribution in [0.25, 0.3) is 22.9 Å². The summed E-state index contributed by atoms with van der Waals surface area (Å²) in [5.41, 5.74) is 6.12. The molecule has 0 saturated carbocycles. The van der Waals surface area contributed by atoms with Crippen LogP contribution >= 0.6 is 0 Å². The molecule has 1 amide bonds. The van der Waals surface area contributed by atoms with Crippen molar-refractivity contribution in [1.82, 2.24) is 19.4 Å². The van der Waals surface area contributed by atoms with Crippen molar-refractivity contribution in [2.45, 2.75) is 72.1 Å². The van der Waals surface area contributed by atoms with Gasteiger partial charge >= 0.3 is 0 Å². The molecule has 5 heteroatoms. The first-order valence-electron chi connectivity index (χ1n) is 14.4. The number of nitrogens with zero attached hydrogens (tertiary/aromatic N) is 4. The van der Waals surface area contributed by atoms with Gasteiger partial charge in [-0.2, -0.15) is 5.10 Å². The van der Waals surface area contributed by atoms with E-state index in [0.717, 1.165) is 79.6 Å². The van der Waals surface area contributed by atoms with E-state index in [-0.39, 0.29) is 5.91 Å². The number of unbranched alkanes of at least 4 members (excludes halogenated alkanes) is 3. The standard InChI is InChI=1S/C32H44N4O/c1-4-6-9-23-35(22-7-5-2)32(37)28-18-24-36-30(25-28)29(13-12-21-34-19-10-8-11-20-34)31(33-36)27-16-14-26(3)15-17-27/h12-18,24-25H,4-11,19-23H2,1-3H3. The first kappa shape index (κ1) is 27.1. The molecule has 4 rings (SSSR count). The molecule has 1 aliphatic rings. The third-order valence-electron chi connectivity index (χ3n) is 7.44. The van der Waals surface area contributed by atoms with Crippen LogP contribution < -0.4 is 0 Å². The van der Waals surface area contributed by atoms with Gasteiger partial charge in [0, 0.05) is 42.5 Å². The lowest BCUT2D eigenvalue weighted by Gasteiger charge is -2.24. The summed E-state index contributed by atoms with van der Waals surface area (Å²) in [6, 6.07) is 12.5. The number of aromatic nitrogens is 2. The normalized spacial score (nSPS) is 14.6. The molecule has 1 saturated heterocycles. The van der Waals surface area contributed by atoms with Crippen molar-refractivity contribution >= 4 is 17.5 Å². The highest BCUT2D eigenvalue weighted by Crippen LogP contribution is 2.29. The molecule has 37 heavy (non-hydrogen) atoms. The topological polar surface area (TPSA) is 40.9 Å². The van der Waals surface area contributed by atoms with E-state index in [0.29, 0.717) is 0 Å². The Balaban J connectivity index is 1.67. The van der Waals surface area contributed by atoms with E-state index in [1.807, 2.05) is 27.7 Å². The van der Waals surface area contributed by atoms with Gasteiger partial charge in [0.1, 0.15) is 5.69 Å². The number of fused-ring (bicyclic) bond motifs is 1. The summed E-state index contributed by atoms with van der Waals surface area (Å²) in [5, 5.41) is 4.96. The quantitative estimate of drug-likeness (QED) is 0.246. The maximum atomic E-state index is 13.6. The molecule has 0 N–H and O–H groups in total. The molecule has 198 valence electrons. The van der Waals surface area contributed by atoms with Gasteiger partial charge < -0.3 is 4.90 Å². The molecule has 1 aliphatic heterocycles. The summed E-state index contributed by atoms with van der Waals surface area (Å²) in [5.74, 6) is 0.133. The van der Waals surface area contributed by atoms with Gasteiger partial charge in [-0.15, -0.1) is 0 Å². The number of benzene rings is 1. The number of piperidine rings is 1. The predicted molar refractivity (Wildman–Crippen MR) is 155 cm³/mol. The van der Waals surface area contributed by atoms with Crippen molar-refractivity contribution in [3.05, 3.63) is 65.4 Å². The second-order valence-electron chi connectivity index (χ2n) is 10.5. The van der Waals surface area contributed by atoms with Crippen LogP contribution in [0.5, 0.6) is 0 Å². The highest BCUT2D eigenvalue weighted by atomic mass is 16.2. The Bertz CT molecular complexity index is 1170. The third kappa shape index (κ3) is 7.10. The lowest BCUT2D eigenvalue weighted by Crippen LogP contribution is -2.33. The number of pyridine rings is 1. The first-order valence-corrected chi connectivity index (χ1v) is 14.4. The summed E-state index contributed by atoms with van der Waals surface area (Å²) in [4.78, 5) is 18.2. The van der Waals surface area contributed by atoms with E-state index in [2.05, 4.69) is 62.1 Å². The molecule has 1 fully saturated rings. The Morgan fingerprint density at radius 2 is 1.70 bits per heavy atom. The van der Waals surface area contributed by atoms with Gasteiger partial charge in [-0.25, -0.2) is 4.52 Å². The summed E-state index contributed by atoms with van der Waals surface area (Å²) in [7, 11) is 0. The lowest BCUT2D eigenvalue weighted by molar-refractivity contribution is 0.0750. The molecule has 3 heterocycles. The van der Waals surface area contributed by atoms with E-state index >= 15 is 0 Å². The molecular weight excluding hydrogens is 456 g/mol. The van der Waals surface area contributed by atoms with E-state index in [1.54, 1.807) is 0 Å². The SMILES string of the molecule is CCCCCN(CCCC)C(=O)c1ccn2nc(-c3ccc(C)cc3)c(C=CCN3CCCCC3)c2c1. The molecular formula is C32H44N4O. The van der Waals surface area contributed by atoms with Crippen LogP contribution in [-0.4, -0.2) is 58.0 Å². The van der Waals surface area contributed by atoms with Crippen LogP contribution in [-0.2, 0) is 0 Å². The molecule has 0 unspecified atom stereocenters. The fourth-order valence-corrected chi connectivity index (χ4v) is 5.15. The molecule has 1 aromatic carbocycles. The van der Waals surface area contributed by atoms with Crippen LogP contribution in [0.1, 0.15) is 86.7 Å². The lowest BCUT2D eigenvalue weighted by atomic mass is 10.0. The van der Waals surface area contributed by atoms with E-state index in [1.165, 1.54) is 37.9 Å². The summed E-state index contributed by atoms with van der Waals surface area (Å²) < 4.78 is 1.93. The molecule has 0 spiro atoms. The highest BCUT2D eigenvalue weighted by Gasteiger charge is 2.19. The molecule has 0 aliphatic carbocycles. The van der Waals surface area contributed by atoms with E-state index in [9.17, 15) is 4.79 Å². The van der Waals surface area contributed by atoms with Gasteiger partial charge in [0.25, 0.3) is 5.91 Å². The Hall–Kier alpha value is -2.92. The monoisotopic (exact) mass is 500 g/mol. The second kappa shape index (κ2) is 13.6. The number of rotatable bonds is 12. The summed E-state index contributed by atoms with van der Waals surface area (Å²) in [6.07, 6.45) is 15.9. The first-order chi connectivity index (χ1) is 18.1. The van der Waals surface area contributed by atoms with E-state index in [4.69, 9.17) is 5.10 Å². The average Bonchev–Trinajstić information content (AvgIpc) is 3.29. The molecule has 2 aromatic heterocycles. The Morgan fingerprint density at radius 1 is 0.973 bits per heavy atom. The van der Waals surface area contributed by atoms with Crippen molar-refractivity contribution in [1.29, 1.82) is 0 Å². The number of carbonyl (C=O) groups excluding carboxylic acids is 1. The summed E-state index contributed by atoms with van der Waals surface area (Å²) in [6.45, 7) is 11.4. The minimum Gasteiger partial charge on any atom is -0.339 e. The van der Waals surface area contributed by atoms with Crippen molar-refractivity contribution in [3.63, 3.8) is 0 Å².